The van der Waals surface area contributed by atoms with Crippen LogP contribution in [0.4, 0.5) is 0 Å². The zero-order valence-corrected chi connectivity index (χ0v) is 11.5. The Hall–Kier alpha value is -1.21. The maximum absolute atomic E-state index is 10.6. The number of aryl methyl sites for hydroxylation is 1. The van der Waals surface area contributed by atoms with Gasteiger partial charge < -0.3 is 15.0 Å². The Labute approximate surface area is 111 Å². The van der Waals surface area contributed by atoms with Crippen LogP contribution in [0.15, 0.2) is 11.4 Å². The molecule has 0 unspecified atom stereocenters. The number of hydrogen-bond donors (Lipinski definition) is 1. The number of hydrogen-bond acceptors (Lipinski definition) is 5. The molecule has 1 aromatic rings. The molecule has 7 heteroatoms. The third-order valence-corrected chi connectivity index (χ3v) is 3.89. The van der Waals surface area contributed by atoms with Crippen molar-refractivity contribution in [3.05, 3.63) is 11.9 Å². The van der Waals surface area contributed by atoms with Gasteiger partial charge in [-0.05, 0) is 14.0 Å². The van der Waals surface area contributed by atoms with E-state index in [1.54, 1.807) is 6.20 Å². The van der Waals surface area contributed by atoms with Gasteiger partial charge in [-0.3, -0.25) is 4.79 Å². The zero-order valence-electron chi connectivity index (χ0n) is 10.7. The average Bonchev–Trinajstić information content (AvgIpc) is 2.69. The lowest BCUT2D eigenvalue weighted by Gasteiger charge is -2.35. The van der Waals surface area contributed by atoms with Gasteiger partial charge in [0.25, 0.3) is 0 Å². The van der Waals surface area contributed by atoms with Gasteiger partial charge in [-0.1, -0.05) is 11.8 Å². The summed E-state index contributed by atoms with van der Waals surface area (Å²) in [6.45, 7) is 5.90. The molecule has 1 aromatic heterocycles. The Morgan fingerprint density at radius 2 is 2.11 bits per heavy atom. The molecular formula is C11H18N4O2S. The molecular weight excluding hydrogens is 252 g/mol. The van der Waals surface area contributed by atoms with Crippen LogP contribution in [-0.4, -0.2) is 64.6 Å². The monoisotopic (exact) mass is 270 g/mol. The van der Waals surface area contributed by atoms with Crippen LogP contribution < -0.4 is 5.01 Å². The Morgan fingerprint density at radius 3 is 2.72 bits per heavy atom. The van der Waals surface area contributed by atoms with Crippen LogP contribution in [0.2, 0.25) is 0 Å². The first-order valence-corrected chi connectivity index (χ1v) is 6.89. The van der Waals surface area contributed by atoms with Crippen LogP contribution in [0.25, 0.3) is 0 Å². The molecule has 1 fully saturated rings. The topological polar surface area (TPSA) is 61.6 Å². The quantitative estimate of drug-likeness (QED) is 0.792. The standard InChI is InChI=1S/C11H18N4O2S/c1-9-7-12-11(18-8-10(16)17)15(9)14-5-3-13(2)4-6-14/h7H,3-6,8H2,1-2H3,(H,16,17). The van der Waals surface area contributed by atoms with E-state index >= 15 is 0 Å². The minimum Gasteiger partial charge on any atom is -0.481 e. The molecule has 100 valence electrons. The van der Waals surface area contributed by atoms with E-state index in [9.17, 15) is 4.79 Å². The van der Waals surface area contributed by atoms with Gasteiger partial charge in [-0.15, -0.1) is 0 Å². The van der Waals surface area contributed by atoms with Crippen molar-refractivity contribution in [3.8, 4) is 0 Å². The number of piperazine rings is 1. The first kappa shape index (κ1) is 13.2. The molecule has 18 heavy (non-hydrogen) atoms. The summed E-state index contributed by atoms with van der Waals surface area (Å²) in [5.41, 5.74) is 1.05. The first-order valence-electron chi connectivity index (χ1n) is 5.90. The molecule has 1 saturated heterocycles. The normalized spacial score (nSPS) is 17.1. The number of carboxylic acid groups (broad SMARTS) is 1. The molecule has 0 radical (unpaired) electrons. The lowest BCUT2D eigenvalue weighted by Crippen LogP contribution is -2.50. The summed E-state index contributed by atoms with van der Waals surface area (Å²) >= 11 is 1.27. The van der Waals surface area contributed by atoms with Crippen molar-refractivity contribution < 1.29 is 9.90 Å². The number of aliphatic carboxylic acids is 1. The van der Waals surface area contributed by atoms with Crippen molar-refractivity contribution in [3.63, 3.8) is 0 Å². The summed E-state index contributed by atoms with van der Waals surface area (Å²) in [7, 11) is 2.11. The molecule has 1 aliphatic rings. The summed E-state index contributed by atoms with van der Waals surface area (Å²) in [4.78, 5) is 17.2. The summed E-state index contributed by atoms with van der Waals surface area (Å²) in [6, 6.07) is 0. The maximum Gasteiger partial charge on any atom is 0.313 e. The molecule has 1 aliphatic heterocycles. The second-order valence-corrected chi connectivity index (χ2v) is 5.38. The fourth-order valence-corrected chi connectivity index (χ4v) is 2.74. The largest absolute Gasteiger partial charge is 0.481 e. The van der Waals surface area contributed by atoms with E-state index in [2.05, 4.69) is 21.9 Å². The van der Waals surface area contributed by atoms with Gasteiger partial charge in [0.05, 0.1) is 17.6 Å². The van der Waals surface area contributed by atoms with Crippen LogP contribution in [0.5, 0.6) is 0 Å². The molecule has 2 heterocycles. The summed E-state index contributed by atoms with van der Waals surface area (Å²) in [6.07, 6.45) is 1.79. The van der Waals surface area contributed by atoms with Crippen molar-refractivity contribution >= 4 is 17.7 Å². The van der Waals surface area contributed by atoms with Crippen molar-refractivity contribution in [1.82, 2.24) is 14.6 Å². The van der Waals surface area contributed by atoms with E-state index in [0.29, 0.717) is 0 Å². The van der Waals surface area contributed by atoms with Crippen molar-refractivity contribution in [2.24, 2.45) is 0 Å². The third-order valence-electron chi connectivity index (χ3n) is 2.96. The summed E-state index contributed by atoms with van der Waals surface area (Å²) < 4.78 is 2.04. The summed E-state index contributed by atoms with van der Waals surface area (Å²) in [5.74, 6) is -0.768. The zero-order chi connectivity index (χ0) is 13.1. The van der Waals surface area contributed by atoms with Gasteiger partial charge in [0.15, 0.2) is 5.16 Å². The van der Waals surface area contributed by atoms with Crippen LogP contribution in [-0.2, 0) is 4.79 Å². The molecule has 6 nitrogen and oxygen atoms in total. The van der Waals surface area contributed by atoms with E-state index in [4.69, 9.17) is 5.11 Å². The van der Waals surface area contributed by atoms with E-state index in [1.165, 1.54) is 11.8 Å². The average molecular weight is 270 g/mol. The van der Waals surface area contributed by atoms with Crippen LogP contribution >= 0.6 is 11.8 Å². The highest BCUT2D eigenvalue weighted by Crippen LogP contribution is 2.19. The predicted octanol–water partition coefficient (Wildman–Crippen LogP) is 0.252. The number of carboxylic acids is 1. The smallest absolute Gasteiger partial charge is 0.313 e. The van der Waals surface area contributed by atoms with Crippen molar-refractivity contribution in [2.45, 2.75) is 12.1 Å². The number of imidazole rings is 1. The first-order chi connectivity index (χ1) is 8.58. The predicted molar refractivity (Wildman–Crippen MR) is 70.8 cm³/mol. The molecule has 2 rings (SSSR count). The fraction of sp³-hybridized carbons (Fsp3) is 0.636. The molecule has 0 spiro atoms. The number of aromatic nitrogens is 2. The van der Waals surface area contributed by atoms with Gasteiger partial charge in [-0.25, -0.2) is 9.66 Å². The molecule has 0 atom stereocenters. The van der Waals surface area contributed by atoms with E-state index in [1.807, 2.05) is 11.6 Å². The van der Waals surface area contributed by atoms with Gasteiger partial charge in [-0.2, -0.15) is 0 Å². The van der Waals surface area contributed by atoms with Gasteiger partial charge >= 0.3 is 5.97 Å². The lowest BCUT2D eigenvalue weighted by atomic mass is 10.4. The second kappa shape index (κ2) is 5.62. The van der Waals surface area contributed by atoms with Gasteiger partial charge in [0.2, 0.25) is 0 Å². The Balaban J connectivity index is 2.10. The Bertz CT molecular complexity index is 427. The van der Waals surface area contributed by atoms with Crippen LogP contribution in [0.3, 0.4) is 0 Å². The second-order valence-electron chi connectivity index (χ2n) is 4.43. The summed E-state index contributed by atoms with van der Waals surface area (Å²) in [5, 5.41) is 11.7. The SMILES string of the molecule is Cc1cnc(SCC(=O)O)n1N1CCN(C)CC1. The Kier molecular flexibility index (Phi) is 4.13. The molecule has 0 aliphatic carbocycles. The highest BCUT2D eigenvalue weighted by atomic mass is 32.2. The molecule has 0 saturated carbocycles. The fourth-order valence-electron chi connectivity index (χ4n) is 1.97. The van der Waals surface area contributed by atoms with Crippen LogP contribution in [0, 0.1) is 6.92 Å². The number of rotatable bonds is 4. The Morgan fingerprint density at radius 1 is 1.44 bits per heavy atom. The highest BCUT2D eigenvalue weighted by Gasteiger charge is 2.19. The number of likely N-dealkylation sites (N-methyl/N-ethyl adjacent to an activating group) is 1. The van der Waals surface area contributed by atoms with Gasteiger partial charge in [0, 0.05) is 26.2 Å². The minimum absolute atomic E-state index is 0.0458. The minimum atomic E-state index is -0.814. The number of thioether (sulfide) groups is 1. The highest BCUT2D eigenvalue weighted by molar-refractivity contribution is 7.99. The van der Waals surface area contributed by atoms with E-state index < -0.39 is 5.97 Å². The number of nitrogens with zero attached hydrogens (tertiary/aromatic N) is 4. The van der Waals surface area contributed by atoms with Crippen molar-refractivity contribution in [2.75, 3.05) is 44.0 Å². The van der Waals surface area contributed by atoms with Crippen molar-refractivity contribution in [1.29, 1.82) is 0 Å². The van der Waals surface area contributed by atoms with Crippen LogP contribution in [0.1, 0.15) is 5.69 Å². The van der Waals surface area contributed by atoms with E-state index in [0.717, 1.165) is 37.0 Å². The molecule has 1 N–H and O–H groups in total. The third kappa shape index (κ3) is 2.97. The molecule has 0 bridgehead atoms. The molecule has 0 aromatic carbocycles. The van der Waals surface area contributed by atoms with E-state index in [-0.39, 0.29) is 5.75 Å². The van der Waals surface area contributed by atoms with Gasteiger partial charge in [0.1, 0.15) is 0 Å². The lowest BCUT2D eigenvalue weighted by molar-refractivity contribution is -0.133. The molecule has 0 amide bonds. The number of carbonyl (C=O) groups is 1. The maximum atomic E-state index is 10.6.